The van der Waals surface area contributed by atoms with E-state index >= 15 is 0 Å². The lowest BCUT2D eigenvalue weighted by molar-refractivity contribution is -0.301. The van der Waals surface area contributed by atoms with Crippen LogP contribution in [0.3, 0.4) is 0 Å². The first-order valence-corrected chi connectivity index (χ1v) is 7.63. The van der Waals surface area contributed by atoms with Gasteiger partial charge >= 0.3 is 6.18 Å². The van der Waals surface area contributed by atoms with Gasteiger partial charge in [-0.1, -0.05) is 41.6 Å². The minimum absolute atomic E-state index is 0.0159. The first-order valence-electron chi connectivity index (χ1n) is 6.64. The molecule has 124 valence electrons. The number of carboxylic acid groups (broad SMARTS) is 1. The van der Waals surface area contributed by atoms with E-state index in [1.807, 2.05) is 6.92 Å². The third kappa shape index (κ3) is 4.06. The molecule has 8 heteroatoms. The first-order chi connectivity index (χ1) is 11.2. The van der Waals surface area contributed by atoms with Crippen LogP contribution in [0, 0.1) is 18.3 Å². The minimum atomic E-state index is -4.76. The molecule has 0 aliphatic heterocycles. The molecule has 4 nitrogen and oxygen atoms in total. The Morgan fingerprint density at radius 1 is 1.33 bits per heavy atom. The number of carboxylic acids is 1. The predicted molar refractivity (Wildman–Crippen MR) is 79.9 cm³/mol. The van der Waals surface area contributed by atoms with Gasteiger partial charge < -0.3 is 9.90 Å². The topological polar surface area (TPSA) is 76.8 Å². The highest BCUT2D eigenvalue weighted by atomic mass is 32.2. The maximum Gasteiger partial charge on any atom is 0.417 e. The van der Waals surface area contributed by atoms with Gasteiger partial charge in [0.2, 0.25) is 0 Å². The van der Waals surface area contributed by atoms with Crippen LogP contribution in [0.5, 0.6) is 0 Å². The van der Waals surface area contributed by atoms with Gasteiger partial charge in [-0.2, -0.15) is 18.4 Å². The number of thioether (sulfide) groups is 1. The first kappa shape index (κ1) is 17.8. The molecule has 0 saturated heterocycles. The molecule has 0 saturated carbocycles. The highest BCUT2D eigenvalue weighted by Crippen LogP contribution is 2.37. The Morgan fingerprint density at radius 2 is 1.96 bits per heavy atom. The molecule has 0 bridgehead atoms. The summed E-state index contributed by atoms with van der Waals surface area (Å²) < 4.78 is 39.8. The average Bonchev–Trinajstić information content (AvgIpc) is 2.51. The molecular formula is C16H10F3N2O2S-. The fraction of sp³-hybridized carbons (Fsp3) is 0.188. The molecule has 1 aromatic carbocycles. The molecule has 0 spiro atoms. The van der Waals surface area contributed by atoms with Gasteiger partial charge in [0.05, 0.1) is 22.8 Å². The summed E-state index contributed by atoms with van der Waals surface area (Å²) in [7, 11) is 0. The van der Waals surface area contributed by atoms with Crippen LogP contribution >= 0.6 is 11.8 Å². The van der Waals surface area contributed by atoms with E-state index < -0.39 is 29.0 Å². The lowest BCUT2D eigenvalue weighted by atomic mass is 10.0. The van der Waals surface area contributed by atoms with Gasteiger partial charge in [-0.3, -0.25) is 0 Å². The molecule has 2 aromatic rings. The van der Waals surface area contributed by atoms with Crippen molar-refractivity contribution in [2.24, 2.45) is 0 Å². The summed E-state index contributed by atoms with van der Waals surface area (Å²) in [6.45, 7) is 1.83. The van der Waals surface area contributed by atoms with Crippen LogP contribution in [0.25, 0.3) is 11.3 Å². The molecule has 2 rings (SSSR count). The van der Waals surface area contributed by atoms with Gasteiger partial charge in [0.25, 0.3) is 0 Å². The fourth-order valence-corrected chi connectivity index (χ4v) is 2.67. The number of aromatic nitrogens is 1. The molecule has 0 N–H and O–H groups in total. The van der Waals surface area contributed by atoms with E-state index in [0.29, 0.717) is 17.3 Å². The fourth-order valence-electron chi connectivity index (χ4n) is 1.96. The molecule has 0 unspecified atom stereocenters. The predicted octanol–water partition coefficient (Wildman–Crippen LogP) is 2.79. The van der Waals surface area contributed by atoms with Crippen molar-refractivity contribution in [1.29, 1.82) is 5.26 Å². The van der Waals surface area contributed by atoms with E-state index in [2.05, 4.69) is 4.98 Å². The number of hydrogen-bond donors (Lipinski definition) is 0. The maximum absolute atomic E-state index is 13.3. The highest BCUT2D eigenvalue weighted by molar-refractivity contribution is 7.99. The van der Waals surface area contributed by atoms with E-state index in [1.165, 1.54) is 6.07 Å². The van der Waals surface area contributed by atoms with Crippen molar-refractivity contribution in [2.75, 3.05) is 5.75 Å². The molecule has 0 radical (unpaired) electrons. The molecule has 24 heavy (non-hydrogen) atoms. The third-order valence-corrected chi connectivity index (χ3v) is 4.03. The van der Waals surface area contributed by atoms with E-state index in [-0.39, 0.29) is 10.7 Å². The molecule has 0 amide bonds. The van der Waals surface area contributed by atoms with Gasteiger partial charge in [-0.15, -0.1) is 0 Å². The van der Waals surface area contributed by atoms with E-state index in [1.54, 1.807) is 24.3 Å². The summed E-state index contributed by atoms with van der Waals surface area (Å²) in [5, 5.41) is 19.4. The highest BCUT2D eigenvalue weighted by Gasteiger charge is 2.36. The SMILES string of the molecule is Cc1ccc(-c2cc(C(F)(F)F)c(C#N)c(SCC(=O)[O-])n2)cc1. The number of nitrogens with zero attached hydrogens (tertiary/aromatic N) is 2. The van der Waals surface area contributed by atoms with Crippen LogP contribution in [0.2, 0.25) is 0 Å². The second-order valence-corrected chi connectivity index (χ2v) is 5.84. The lowest BCUT2D eigenvalue weighted by Gasteiger charge is -2.14. The second kappa shape index (κ2) is 6.93. The molecule has 1 heterocycles. The van der Waals surface area contributed by atoms with Gasteiger partial charge in [0.1, 0.15) is 11.1 Å². The zero-order valence-electron chi connectivity index (χ0n) is 12.3. The summed E-state index contributed by atoms with van der Waals surface area (Å²) in [5.41, 5.74) is -0.455. The second-order valence-electron chi connectivity index (χ2n) is 4.87. The molecule has 0 fully saturated rings. The number of halogens is 3. The largest absolute Gasteiger partial charge is 0.549 e. The van der Waals surface area contributed by atoms with Gasteiger partial charge in [-0.05, 0) is 13.0 Å². The van der Waals surface area contributed by atoms with Gasteiger partial charge in [-0.25, -0.2) is 4.98 Å². The van der Waals surface area contributed by atoms with Crippen molar-refractivity contribution >= 4 is 17.7 Å². The van der Waals surface area contributed by atoms with Crippen molar-refractivity contribution < 1.29 is 23.1 Å². The molecule has 0 atom stereocenters. The van der Waals surface area contributed by atoms with Crippen LogP contribution in [0.15, 0.2) is 35.4 Å². The Balaban J connectivity index is 2.64. The van der Waals surface area contributed by atoms with Crippen molar-refractivity contribution in [3.8, 4) is 17.3 Å². The monoisotopic (exact) mass is 351 g/mol. The quantitative estimate of drug-likeness (QED) is 0.792. The Morgan fingerprint density at radius 3 is 2.46 bits per heavy atom. The zero-order valence-corrected chi connectivity index (χ0v) is 13.2. The summed E-state index contributed by atoms with van der Waals surface area (Å²) >= 11 is 0.526. The normalized spacial score (nSPS) is 11.1. The van der Waals surface area contributed by atoms with Gasteiger partial charge in [0, 0.05) is 11.3 Å². The minimum Gasteiger partial charge on any atom is -0.549 e. The van der Waals surface area contributed by atoms with E-state index in [9.17, 15) is 23.1 Å². The van der Waals surface area contributed by atoms with Crippen LogP contribution in [0.4, 0.5) is 13.2 Å². The standard InChI is InChI=1S/C16H11F3N2O2S/c1-9-2-4-10(5-3-9)13-6-12(16(17,18)19)11(7-20)15(21-13)24-8-14(22)23/h2-6H,8H2,1H3,(H,22,23)/p-1. The van der Waals surface area contributed by atoms with Crippen LogP contribution in [0.1, 0.15) is 16.7 Å². The zero-order chi connectivity index (χ0) is 17.9. The van der Waals surface area contributed by atoms with Crippen LogP contribution in [-0.4, -0.2) is 16.7 Å². The Labute approximate surface area is 140 Å². The third-order valence-electron chi connectivity index (χ3n) is 3.08. The number of pyridine rings is 1. The average molecular weight is 351 g/mol. The van der Waals surface area contributed by atoms with Crippen LogP contribution < -0.4 is 5.11 Å². The summed E-state index contributed by atoms with van der Waals surface area (Å²) in [5.74, 6) is -2.06. The Hall–Kier alpha value is -2.53. The van der Waals surface area contributed by atoms with Crippen molar-refractivity contribution in [2.45, 2.75) is 18.1 Å². The van der Waals surface area contributed by atoms with Crippen molar-refractivity contribution in [3.63, 3.8) is 0 Å². The number of aliphatic carboxylic acids is 1. The smallest absolute Gasteiger partial charge is 0.417 e. The summed E-state index contributed by atoms with van der Waals surface area (Å²) in [6.07, 6.45) is -4.76. The van der Waals surface area contributed by atoms with Gasteiger partial charge in [0.15, 0.2) is 0 Å². The Kier molecular flexibility index (Phi) is 5.14. The molecule has 0 aliphatic rings. The number of carbonyl (C=O) groups is 1. The van der Waals surface area contributed by atoms with E-state index in [4.69, 9.17) is 5.26 Å². The number of alkyl halides is 3. The Bertz CT molecular complexity index is 812. The lowest BCUT2D eigenvalue weighted by Crippen LogP contribution is -2.24. The van der Waals surface area contributed by atoms with Crippen molar-refractivity contribution in [3.05, 3.63) is 47.0 Å². The molecular weight excluding hydrogens is 341 g/mol. The number of aryl methyl sites for hydroxylation is 1. The van der Waals surface area contributed by atoms with Crippen LogP contribution in [-0.2, 0) is 11.0 Å². The maximum atomic E-state index is 13.3. The number of hydrogen-bond acceptors (Lipinski definition) is 5. The van der Waals surface area contributed by atoms with E-state index in [0.717, 1.165) is 11.6 Å². The summed E-state index contributed by atoms with van der Waals surface area (Å²) in [6, 6.07) is 8.92. The number of carbonyl (C=O) groups excluding carboxylic acids is 1. The number of rotatable bonds is 4. The number of benzene rings is 1. The molecule has 1 aromatic heterocycles. The van der Waals surface area contributed by atoms with Crippen molar-refractivity contribution in [1.82, 2.24) is 4.98 Å². The number of nitriles is 1. The molecule has 0 aliphatic carbocycles. The summed E-state index contributed by atoms with van der Waals surface area (Å²) in [4.78, 5) is 14.6.